The number of pyridine rings is 1. The van der Waals surface area contributed by atoms with Gasteiger partial charge in [-0.1, -0.05) is 38.2 Å². The maximum Gasteiger partial charge on any atom is 0.220 e. The van der Waals surface area contributed by atoms with Crippen molar-refractivity contribution in [1.82, 2.24) is 10.3 Å². The summed E-state index contributed by atoms with van der Waals surface area (Å²) < 4.78 is 11.3. The first-order chi connectivity index (χ1) is 13.7. The normalized spacial score (nSPS) is 14.5. The van der Waals surface area contributed by atoms with Gasteiger partial charge in [0.15, 0.2) is 11.5 Å². The van der Waals surface area contributed by atoms with Crippen molar-refractivity contribution in [3.05, 3.63) is 53.9 Å². The molecule has 3 rings (SSSR count). The molecule has 1 heterocycles. The lowest BCUT2D eigenvalue weighted by Crippen LogP contribution is -2.23. The maximum absolute atomic E-state index is 12.2. The van der Waals surface area contributed by atoms with Crippen LogP contribution in [0.3, 0.4) is 0 Å². The van der Waals surface area contributed by atoms with Crippen LogP contribution >= 0.6 is 0 Å². The number of nitrogens with one attached hydrogen (secondary N) is 1. The van der Waals surface area contributed by atoms with Gasteiger partial charge in [0, 0.05) is 25.4 Å². The molecule has 5 heteroatoms. The van der Waals surface area contributed by atoms with Crippen LogP contribution in [0.25, 0.3) is 0 Å². The Balaban J connectivity index is 1.46. The van der Waals surface area contributed by atoms with Gasteiger partial charge in [-0.15, -0.1) is 0 Å². The number of hydrogen-bond acceptors (Lipinski definition) is 4. The average Bonchev–Trinajstić information content (AvgIpc) is 2.76. The number of amides is 1. The van der Waals surface area contributed by atoms with Crippen molar-refractivity contribution < 1.29 is 14.3 Å². The second-order valence-electron chi connectivity index (χ2n) is 7.45. The lowest BCUT2D eigenvalue weighted by atomic mass is 9.86. The Morgan fingerprint density at radius 3 is 2.61 bits per heavy atom. The first-order valence-electron chi connectivity index (χ1n) is 10.2. The van der Waals surface area contributed by atoms with Gasteiger partial charge in [0.2, 0.25) is 5.91 Å². The van der Waals surface area contributed by atoms with E-state index in [0.29, 0.717) is 31.1 Å². The predicted molar refractivity (Wildman–Crippen MR) is 109 cm³/mol. The minimum absolute atomic E-state index is 0.127. The molecule has 1 aliphatic rings. The first-order valence-corrected chi connectivity index (χ1v) is 10.2. The summed E-state index contributed by atoms with van der Waals surface area (Å²) in [5.41, 5.74) is 2.05. The molecule has 28 heavy (non-hydrogen) atoms. The summed E-state index contributed by atoms with van der Waals surface area (Å²) in [7, 11) is 1.63. The Morgan fingerprint density at radius 1 is 1.07 bits per heavy atom. The van der Waals surface area contributed by atoms with Gasteiger partial charge in [0.1, 0.15) is 6.61 Å². The summed E-state index contributed by atoms with van der Waals surface area (Å²) >= 11 is 0. The number of carbonyl (C=O) groups is 1. The Bertz CT molecular complexity index is 743. The highest BCUT2D eigenvalue weighted by Crippen LogP contribution is 2.29. The molecule has 1 aliphatic carbocycles. The molecular weight excluding hydrogens is 352 g/mol. The van der Waals surface area contributed by atoms with E-state index in [0.717, 1.165) is 23.5 Å². The van der Waals surface area contributed by atoms with Crippen molar-refractivity contribution >= 4 is 5.91 Å². The minimum Gasteiger partial charge on any atom is -0.493 e. The van der Waals surface area contributed by atoms with E-state index in [1.54, 1.807) is 19.5 Å². The van der Waals surface area contributed by atoms with Gasteiger partial charge in [0.25, 0.3) is 0 Å². The van der Waals surface area contributed by atoms with Gasteiger partial charge in [-0.05, 0) is 47.7 Å². The van der Waals surface area contributed by atoms with Gasteiger partial charge in [0.05, 0.1) is 7.11 Å². The number of rotatable bonds is 9. The van der Waals surface area contributed by atoms with Crippen LogP contribution < -0.4 is 14.8 Å². The van der Waals surface area contributed by atoms with Gasteiger partial charge in [-0.2, -0.15) is 0 Å². The van der Waals surface area contributed by atoms with Crippen LogP contribution in [0, 0.1) is 5.92 Å². The van der Waals surface area contributed by atoms with E-state index in [4.69, 9.17) is 9.47 Å². The standard InChI is InChI=1S/C23H30N2O3/c1-27-22-15-20(7-9-21(22)28-17-19-11-13-24-14-12-19)16-25-23(26)10-8-18-5-3-2-4-6-18/h7,9,11-15,18H,2-6,8,10,16-17H2,1H3,(H,25,26). The Morgan fingerprint density at radius 2 is 1.86 bits per heavy atom. The zero-order valence-corrected chi connectivity index (χ0v) is 16.7. The Kier molecular flexibility index (Phi) is 7.71. The molecule has 1 amide bonds. The lowest BCUT2D eigenvalue weighted by Gasteiger charge is -2.21. The third-order valence-electron chi connectivity index (χ3n) is 5.37. The van der Waals surface area contributed by atoms with Crippen LogP contribution in [0.2, 0.25) is 0 Å². The molecule has 0 saturated heterocycles. The molecule has 5 nitrogen and oxygen atoms in total. The quantitative estimate of drug-likeness (QED) is 0.686. The van der Waals surface area contributed by atoms with E-state index in [-0.39, 0.29) is 5.91 Å². The second-order valence-corrected chi connectivity index (χ2v) is 7.45. The van der Waals surface area contributed by atoms with E-state index in [1.807, 2.05) is 30.3 Å². The average molecular weight is 383 g/mol. The van der Waals surface area contributed by atoms with E-state index >= 15 is 0 Å². The zero-order chi connectivity index (χ0) is 19.6. The smallest absolute Gasteiger partial charge is 0.220 e. The fourth-order valence-electron chi connectivity index (χ4n) is 3.68. The van der Waals surface area contributed by atoms with Crippen molar-refractivity contribution in [2.45, 2.75) is 58.1 Å². The van der Waals surface area contributed by atoms with Crippen LogP contribution in [0.1, 0.15) is 56.1 Å². The molecular formula is C23H30N2O3. The molecule has 1 fully saturated rings. The number of nitrogens with zero attached hydrogens (tertiary/aromatic N) is 1. The molecule has 1 aromatic heterocycles. The van der Waals surface area contributed by atoms with Gasteiger partial charge in [-0.3, -0.25) is 9.78 Å². The second kappa shape index (κ2) is 10.7. The van der Waals surface area contributed by atoms with Crippen molar-refractivity contribution in [1.29, 1.82) is 0 Å². The topological polar surface area (TPSA) is 60.5 Å². The summed E-state index contributed by atoms with van der Waals surface area (Å²) in [6, 6.07) is 9.62. The number of benzene rings is 1. The molecule has 0 spiro atoms. The Hall–Kier alpha value is -2.56. The molecule has 150 valence electrons. The van der Waals surface area contributed by atoms with Crippen molar-refractivity contribution in [3.63, 3.8) is 0 Å². The highest BCUT2D eigenvalue weighted by molar-refractivity contribution is 5.75. The van der Waals surface area contributed by atoms with Crippen LogP contribution in [0.5, 0.6) is 11.5 Å². The monoisotopic (exact) mass is 382 g/mol. The molecule has 0 bridgehead atoms. The van der Waals surface area contributed by atoms with Gasteiger partial charge < -0.3 is 14.8 Å². The molecule has 1 saturated carbocycles. The number of aromatic nitrogens is 1. The molecule has 0 atom stereocenters. The Labute approximate surface area is 167 Å². The van der Waals surface area contributed by atoms with Crippen LogP contribution in [-0.4, -0.2) is 18.0 Å². The molecule has 2 aromatic rings. The van der Waals surface area contributed by atoms with Crippen molar-refractivity contribution in [3.8, 4) is 11.5 Å². The van der Waals surface area contributed by atoms with Gasteiger partial charge in [-0.25, -0.2) is 0 Å². The summed E-state index contributed by atoms with van der Waals surface area (Å²) in [5.74, 6) is 2.22. The van der Waals surface area contributed by atoms with Crippen LogP contribution in [-0.2, 0) is 17.9 Å². The number of carbonyl (C=O) groups excluding carboxylic acids is 1. The van der Waals surface area contributed by atoms with E-state index in [9.17, 15) is 4.79 Å². The van der Waals surface area contributed by atoms with Crippen molar-refractivity contribution in [2.24, 2.45) is 5.92 Å². The minimum atomic E-state index is 0.127. The van der Waals surface area contributed by atoms with Crippen LogP contribution in [0.4, 0.5) is 0 Å². The molecule has 1 N–H and O–H groups in total. The first kappa shape index (κ1) is 20.2. The van der Waals surface area contributed by atoms with Gasteiger partial charge >= 0.3 is 0 Å². The SMILES string of the molecule is COc1cc(CNC(=O)CCC2CCCCC2)ccc1OCc1ccncc1. The number of hydrogen-bond donors (Lipinski definition) is 1. The predicted octanol–water partition coefficient (Wildman–Crippen LogP) is 4.65. The third kappa shape index (κ3) is 6.25. The molecule has 1 aromatic carbocycles. The van der Waals surface area contributed by atoms with E-state index < -0.39 is 0 Å². The number of ether oxygens (including phenoxy) is 2. The van der Waals surface area contributed by atoms with E-state index in [1.165, 1.54) is 32.1 Å². The van der Waals surface area contributed by atoms with E-state index in [2.05, 4.69) is 10.3 Å². The third-order valence-corrected chi connectivity index (χ3v) is 5.37. The summed E-state index contributed by atoms with van der Waals surface area (Å²) in [6.07, 6.45) is 11.7. The molecule has 0 unspecified atom stereocenters. The lowest BCUT2D eigenvalue weighted by molar-refractivity contribution is -0.121. The fraction of sp³-hybridized carbons (Fsp3) is 0.478. The van der Waals surface area contributed by atoms with Crippen molar-refractivity contribution in [2.75, 3.05) is 7.11 Å². The summed E-state index contributed by atoms with van der Waals surface area (Å²) in [4.78, 5) is 16.2. The highest BCUT2D eigenvalue weighted by Gasteiger charge is 2.15. The maximum atomic E-state index is 12.2. The summed E-state index contributed by atoms with van der Waals surface area (Å²) in [5, 5.41) is 3.02. The number of methoxy groups -OCH3 is 1. The molecule has 0 radical (unpaired) electrons. The fourth-order valence-corrected chi connectivity index (χ4v) is 3.68. The molecule has 0 aliphatic heterocycles. The largest absolute Gasteiger partial charge is 0.493 e. The zero-order valence-electron chi connectivity index (χ0n) is 16.7. The summed E-state index contributed by atoms with van der Waals surface area (Å²) in [6.45, 7) is 0.959. The van der Waals surface area contributed by atoms with Crippen LogP contribution in [0.15, 0.2) is 42.7 Å². The highest BCUT2D eigenvalue weighted by atomic mass is 16.5.